The lowest BCUT2D eigenvalue weighted by molar-refractivity contribution is -0.0177. The maximum atomic E-state index is 6.65. The second-order valence-electron chi connectivity index (χ2n) is 7.96. The summed E-state index contributed by atoms with van der Waals surface area (Å²) in [7, 11) is -1.80. The molecule has 0 aromatic carbocycles. The van der Waals surface area contributed by atoms with Gasteiger partial charge in [-0.2, -0.15) is 0 Å². The summed E-state index contributed by atoms with van der Waals surface area (Å²) in [6.45, 7) is 18.1. The van der Waals surface area contributed by atoms with Crippen molar-refractivity contribution >= 4 is 8.32 Å². The summed E-state index contributed by atoms with van der Waals surface area (Å²) < 4.78 is 12.7. The number of hydrogen-bond acceptors (Lipinski definition) is 2. The van der Waals surface area contributed by atoms with E-state index in [2.05, 4.69) is 66.8 Å². The highest BCUT2D eigenvalue weighted by Gasteiger charge is 2.48. The molecule has 3 heteroatoms. The Morgan fingerprint density at radius 2 is 1.79 bits per heavy atom. The van der Waals surface area contributed by atoms with Crippen LogP contribution in [0.4, 0.5) is 0 Å². The molecule has 0 aliphatic carbocycles. The highest BCUT2D eigenvalue weighted by atomic mass is 28.4. The van der Waals surface area contributed by atoms with Crippen molar-refractivity contribution in [3.8, 4) is 0 Å². The van der Waals surface area contributed by atoms with Crippen LogP contribution in [-0.2, 0) is 9.16 Å². The Kier molecular flexibility index (Phi) is 3.30. The zero-order chi connectivity index (χ0) is 14.6. The number of fused-ring (bicyclic) bond motifs is 2. The maximum absolute atomic E-state index is 6.65. The third kappa shape index (κ3) is 2.31. The van der Waals surface area contributed by atoms with Crippen LogP contribution in [0.15, 0.2) is 23.5 Å². The zero-order valence-electron chi connectivity index (χ0n) is 13.6. The van der Waals surface area contributed by atoms with Gasteiger partial charge in [-0.25, -0.2) is 0 Å². The van der Waals surface area contributed by atoms with Gasteiger partial charge in [0.15, 0.2) is 0 Å². The van der Waals surface area contributed by atoms with E-state index in [4.69, 9.17) is 9.16 Å². The third-order valence-electron chi connectivity index (χ3n) is 5.00. The molecule has 2 aliphatic heterocycles. The van der Waals surface area contributed by atoms with Crippen LogP contribution in [0.1, 0.15) is 41.5 Å². The lowest BCUT2D eigenvalue weighted by atomic mass is 9.81. The molecule has 2 rings (SSSR count). The highest BCUT2D eigenvalue weighted by Crippen LogP contribution is 2.48. The maximum Gasteiger partial charge on any atom is 0.250 e. The SMILES string of the molecule is CC1=C(O[Si](C)(C)C(C)(C)C)C(C)(C)[C@H]2C=C[C@@H]1O2. The van der Waals surface area contributed by atoms with Crippen LogP contribution < -0.4 is 0 Å². The Morgan fingerprint density at radius 1 is 1.21 bits per heavy atom. The van der Waals surface area contributed by atoms with Crippen LogP contribution in [-0.4, -0.2) is 20.5 Å². The second-order valence-corrected chi connectivity index (χ2v) is 12.7. The fourth-order valence-electron chi connectivity index (χ4n) is 2.49. The molecule has 19 heavy (non-hydrogen) atoms. The molecule has 0 radical (unpaired) electrons. The first-order valence-electron chi connectivity index (χ1n) is 7.21. The van der Waals surface area contributed by atoms with Crippen molar-refractivity contribution in [1.29, 1.82) is 0 Å². The Bertz CT molecular complexity index is 438. The lowest BCUT2D eigenvalue weighted by Gasteiger charge is -2.45. The molecule has 2 aliphatic rings. The van der Waals surface area contributed by atoms with Gasteiger partial charge in [-0.3, -0.25) is 0 Å². The fraction of sp³-hybridized carbons (Fsp3) is 0.750. The molecule has 2 bridgehead atoms. The lowest BCUT2D eigenvalue weighted by Crippen LogP contribution is -2.46. The number of hydrogen-bond donors (Lipinski definition) is 0. The predicted octanol–water partition coefficient (Wildman–Crippen LogP) is 4.65. The molecule has 0 unspecified atom stereocenters. The minimum atomic E-state index is -1.80. The van der Waals surface area contributed by atoms with Gasteiger partial charge in [-0.15, -0.1) is 0 Å². The van der Waals surface area contributed by atoms with E-state index in [9.17, 15) is 0 Å². The minimum absolute atomic E-state index is 0.0664. The molecule has 2 atom stereocenters. The highest BCUT2D eigenvalue weighted by molar-refractivity contribution is 6.74. The number of ether oxygens (including phenoxy) is 1. The summed E-state index contributed by atoms with van der Waals surface area (Å²) >= 11 is 0. The smallest absolute Gasteiger partial charge is 0.250 e. The normalized spacial score (nSPS) is 29.9. The van der Waals surface area contributed by atoms with Gasteiger partial charge in [-0.1, -0.05) is 32.9 Å². The van der Waals surface area contributed by atoms with Crippen LogP contribution in [0.5, 0.6) is 0 Å². The summed E-state index contributed by atoms with van der Waals surface area (Å²) in [5.41, 5.74) is 1.18. The van der Waals surface area contributed by atoms with E-state index in [1.54, 1.807) is 0 Å². The van der Waals surface area contributed by atoms with Crippen molar-refractivity contribution in [2.75, 3.05) is 0 Å². The largest absolute Gasteiger partial charge is 0.546 e. The van der Waals surface area contributed by atoms with Crippen molar-refractivity contribution < 1.29 is 9.16 Å². The molecule has 0 amide bonds. The molecule has 0 aromatic heterocycles. The average molecular weight is 280 g/mol. The average Bonchev–Trinajstić information content (AvgIpc) is 2.69. The zero-order valence-corrected chi connectivity index (χ0v) is 14.6. The third-order valence-corrected chi connectivity index (χ3v) is 9.33. The van der Waals surface area contributed by atoms with Gasteiger partial charge in [0, 0.05) is 0 Å². The van der Waals surface area contributed by atoms with Gasteiger partial charge in [0.1, 0.15) is 6.10 Å². The summed E-state index contributed by atoms with van der Waals surface area (Å²) in [6.07, 6.45) is 4.64. The Morgan fingerprint density at radius 3 is 2.32 bits per heavy atom. The van der Waals surface area contributed by atoms with E-state index in [0.717, 1.165) is 0 Å². The monoisotopic (exact) mass is 280 g/mol. The number of rotatable bonds is 2. The molecule has 0 saturated carbocycles. The van der Waals surface area contributed by atoms with Crippen LogP contribution in [0, 0.1) is 5.41 Å². The summed E-state index contributed by atoms with van der Waals surface area (Å²) in [4.78, 5) is 0. The van der Waals surface area contributed by atoms with Gasteiger partial charge in [-0.05, 0) is 44.5 Å². The minimum Gasteiger partial charge on any atom is -0.546 e. The van der Waals surface area contributed by atoms with E-state index in [0.29, 0.717) is 0 Å². The molecular weight excluding hydrogens is 252 g/mol. The van der Waals surface area contributed by atoms with Crippen molar-refractivity contribution in [2.24, 2.45) is 5.41 Å². The molecule has 2 heterocycles. The molecule has 0 spiro atoms. The summed E-state index contributed by atoms with van der Waals surface area (Å²) in [5, 5.41) is 0.223. The topological polar surface area (TPSA) is 18.5 Å². The molecule has 0 N–H and O–H groups in total. The van der Waals surface area contributed by atoms with Crippen molar-refractivity contribution in [2.45, 2.75) is 71.9 Å². The van der Waals surface area contributed by atoms with Gasteiger partial charge in [0.25, 0.3) is 0 Å². The van der Waals surface area contributed by atoms with E-state index in [1.807, 2.05) is 0 Å². The van der Waals surface area contributed by atoms with Gasteiger partial charge >= 0.3 is 0 Å². The Labute approximate surface area is 119 Å². The molecule has 2 nitrogen and oxygen atoms in total. The Balaban J connectivity index is 2.37. The van der Waals surface area contributed by atoms with E-state index in [-0.39, 0.29) is 22.7 Å². The first-order valence-corrected chi connectivity index (χ1v) is 10.1. The molecular formula is C16H28O2Si. The van der Waals surface area contributed by atoms with Crippen LogP contribution in [0.25, 0.3) is 0 Å². The van der Waals surface area contributed by atoms with Gasteiger partial charge in [0.05, 0.1) is 17.3 Å². The summed E-state index contributed by atoms with van der Waals surface area (Å²) in [6, 6.07) is 0. The van der Waals surface area contributed by atoms with Crippen molar-refractivity contribution in [1.82, 2.24) is 0 Å². The van der Waals surface area contributed by atoms with Gasteiger partial charge in [0.2, 0.25) is 8.32 Å². The molecule has 0 saturated heterocycles. The molecule has 0 aromatic rings. The molecule has 0 fully saturated rings. The second kappa shape index (κ2) is 4.22. The van der Waals surface area contributed by atoms with Crippen LogP contribution >= 0.6 is 0 Å². The van der Waals surface area contributed by atoms with Crippen LogP contribution in [0.2, 0.25) is 18.1 Å². The van der Waals surface area contributed by atoms with Crippen molar-refractivity contribution in [3.63, 3.8) is 0 Å². The standard InChI is InChI=1S/C16H28O2Si/c1-11-12-9-10-13(17-12)16(5,6)14(11)18-19(7,8)15(2,3)4/h9-10,12-13H,1-8H3/t12-,13+/m0/s1. The molecule has 108 valence electrons. The quantitative estimate of drug-likeness (QED) is 0.541. The van der Waals surface area contributed by atoms with Crippen molar-refractivity contribution in [3.05, 3.63) is 23.5 Å². The fourth-order valence-corrected chi connectivity index (χ4v) is 3.73. The first kappa shape index (κ1) is 14.9. The Hall–Kier alpha value is -0.543. The predicted molar refractivity (Wildman–Crippen MR) is 82.6 cm³/mol. The van der Waals surface area contributed by atoms with Crippen LogP contribution in [0.3, 0.4) is 0 Å². The van der Waals surface area contributed by atoms with E-state index < -0.39 is 8.32 Å². The van der Waals surface area contributed by atoms with E-state index >= 15 is 0 Å². The first-order chi connectivity index (χ1) is 8.47. The summed E-state index contributed by atoms with van der Waals surface area (Å²) in [5.74, 6) is 1.17. The van der Waals surface area contributed by atoms with Gasteiger partial charge < -0.3 is 9.16 Å². The van der Waals surface area contributed by atoms with E-state index in [1.165, 1.54) is 11.3 Å².